The second-order valence-electron chi connectivity index (χ2n) is 8.28. The maximum absolute atomic E-state index is 13.6. The molecule has 0 fully saturated rings. The number of fused-ring (bicyclic) bond motifs is 3. The molecule has 0 aliphatic carbocycles. The molecule has 0 unspecified atom stereocenters. The van der Waals surface area contributed by atoms with E-state index in [4.69, 9.17) is 4.98 Å². The predicted octanol–water partition coefficient (Wildman–Crippen LogP) is 5.97. The maximum atomic E-state index is 13.6. The highest BCUT2D eigenvalue weighted by Crippen LogP contribution is 2.48. The quantitative estimate of drug-likeness (QED) is 0.264. The summed E-state index contributed by atoms with van der Waals surface area (Å²) in [6.45, 7) is 4.69. The SMILES string of the molecule is CC(C)Cn1c(SCC(=O)N2c3ccccc3Sc3ccccc32)nc2ccccc2c1=O. The van der Waals surface area contributed by atoms with Gasteiger partial charge in [-0.25, -0.2) is 4.98 Å². The molecule has 0 saturated carbocycles. The van der Waals surface area contributed by atoms with E-state index in [1.54, 1.807) is 27.3 Å². The third kappa shape index (κ3) is 4.18. The van der Waals surface area contributed by atoms with Crippen molar-refractivity contribution in [2.75, 3.05) is 10.7 Å². The third-order valence-electron chi connectivity index (χ3n) is 5.38. The van der Waals surface area contributed by atoms with Crippen LogP contribution in [0.4, 0.5) is 11.4 Å². The van der Waals surface area contributed by atoms with Crippen LogP contribution >= 0.6 is 23.5 Å². The Labute approximate surface area is 200 Å². The molecular formula is C26H23N3O2S2. The topological polar surface area (TPSA) is 55.2 Å². The lowest BCUT2D eigenvalue weighted by atomic mass is 10.2. The molecule has 2 heterocycles. The van der Waals surface area contributed by atoms with Crippen molar-refractivity contribution in [3.63, 3.8) is 0 Å². The molecule has 33 heavy (non-hydrogen) atoms. The van der Waals surface area contributed by atoms with Gasteiger partial charge in [0.05, 0.1) is 28.0 Å². The van der Waals surface area contributed by atoms with Crippen molar-refractivity contribution in [2.24, 2.45) is 5.92 Å². The van der Waals surface area contributed by atoms with Gasteiger partial charge in [0.2, 0.25) is 5.91 Å². The van der Waals surface area contributed by atoms with Crippen molar-refractivity contribution in [3.05, 3.63) is 83.2 Å². The highest BCUT2D eigenvalue weighted by molar-refractivity contribution is 8.00. The van der Waals surface area contributed by atoms with Gasteiger partial charge in [0.25, 0.3) is 5.56 Å². The van der Waals surface area contributed by atoms with Gasteiger partial charge in [-0.2, -0.15) is 0 Å². The van der Waals surface area contributed by atoms with Crippen molar-refractivity contribution in [1.29, 1.82) is 0 Å². The zero-order chi connectivity index (χ0) is 22.9. The van der Waals surface area contributed by atoms with Crippen molar-refractivity contribution < 1.29 is 4.79 Å². The molecule has 1 aliphatic heterocycles. The first kappa shape index (κ1) is 21.8. The number of aromatic nitrogens is 2. The molecule has 1 amide bonds. The summed E-state index contributed by atoms with van der Waals surface area (Å²) in [6, 6.07) is 23.3. The molecule has 7 heteroatoms. The van der Waals surface area contributed by atoms with Gasteiger partial charge >= 0.3 is 0 Å². The average molecular weight is 474 g/mol. The smallest absolute Gasteiger partial charge is 0.262 e. The number of anilines is 2. The number of rotatable bonds is 5. The highest BCUT2D eigenvalue weighted by Gasteiger charge is 2.28. The van der Waals surface area contributed by atoms with Gasteiger partial charge in [0.1, 0.15) is 0 Å². The summed E-state index contributed by atoms with van der Waals surface area (Å²) in [5, 5.41) is 1.18. The van der Waals surface area contributed by atoms with E-state index in [0.29, 0.717) is 22.6 Å². The number of para-hydroxylation sites is 3. The summed E-state index contributed by atoms with van der Waals surface area (Å²) >= 11 is 3.00. The van der Waals surface area contributed by atoms with E-state index in [-0.39, 0.29) is 23.1 Å². The van der Waals surface area contributed by atoms with Crippen LogP contribution in [0.2, 0.25) is 0 Å². The number of benzene rings is 3. The first-order valence-electron chi connectivity index (χ1n) is 10.8. The lowest BCUT2D eigenvalue weighted by Crippen LogP contribution is -2.31. The van der Waals surface area contributed by atoms with E-state index in [1.807, 2.05) is 66.7 Å². The fourth-order valence-electron chi connectivity index (χ4n) is 3.95. The van der Waals surface area contributed by atoms with Crippen molar-refractivity contribution in [2.45, 2.75) is 35.3 Å². The standard InChI is InChI=1S/C26H23N3O2S2/c1-17(2)15-28-25(31)18-9-3-4-10-19(18)27-26(28)32-16-24(30)29-20-11-5-7-13-22(20)33-23-14-8-6-12-21(23)29/h3-14,17H,15-16H2,1-2H3. The summed E-state index contributed by atoms with van der Waals surface area (Å²) in [5.74, 6) is 0.410. The highest BCUT2D eigenvalue weighted by atomic mass is 32.2. The molecular weight excluding hydrogens is 450 g/mol. The van der Waals surface area contributed by atoms with Crippen molar-refractivity contribution in [1.82, 2.24) is 9.55 Å². The number of carbonyl (C=O) groups is 1. The summed E-state index contributed by atoms with van der Waals surface area (Å²) in [6.07, 6.45) is 0. The van der Waals surface area contributed by atoms with Crippen LogP contribution in [-0.2, 0) is 11.3 Å². The van der Waals surface area contributed by atoms with Crippen LogP contribution in [-0.4, -0.2) is 21.2 Å². The van der Waals surface area contributed by atoms with Gasteiger partial charge < -0.3 is 0 Å². The minimum absolute atomic E-state index is 0.0429. The molecule has 5 rings (SSSR count). The average Bonchev–Trinajstić information content (AvgIpc) is 2.82. The summed E-state index contributed by atoms with van der Waals surface area (Å²) in [4.78, 5) is 35.4. The van der Waals surface area contributed by atoms with Gasteiger partial charge in [-0.05, 0) is 42.3 Å². The molecule has 0 bridgehead atoms. The predicted molar refractivity (Wildman–Crippen MR) is 136 cm³/mol. The molecule has 1 aromatic heterocycles. The lowest BCUT2D eigenvalue weighted by Gasteiger charge is -2.31. The molecule has 166 valence electrons. The Morgan fingerprint density at radius 2 is 1.55 bits per heavy atom. The molecule has 4 aromatic rings. The summed E-state index contributed by atoms with van der Waals surface area (Å²) < 4.78 is 1.71. The molecule has 0 spiro atoms. The van der Waals surface area contributed by atoms with Crippen LogP contribution in [0.15, 0.2) is 92.5 Å². The van der Waals surface area contributed by atoms with E-state index in [9.17, 15) is 9.59 Å². The Bertz CT molecular complexity index is 1370. The van der Waals surface area contributed by atoms with Gasteiger partial charge in [0, 0.05) is 16.3 Å². The van der Waals surface area contributed by atoms with Gasteiger partial charge in [0.15, 0.2) is 5.16 Å². The number of carbonyl (C=O) groups excluding carboxylic acids is 1. The minimum Gasteiger partial charge on any atom is -0.287 e. The minimum atomic E-state index is -0.0608. The summed E-state index contributed by atoms with van der Waals surface area (Å²) in [7, 11) is 0. The first-order valence-corrected chi connectivity index (χ1v) is 12.6. The Kier molecular flexibility index (Phi) is 6.00. The largest absolute Gasteiger partial charge is 0.287 e. The normalized spacial score (nSPS) is 12.6. The zero-order valence-electron chi connectivity index (χ0n) is 18.4. The van der Waals surface area contributed by atoms with Crippen LogP contribution in [0.1, 0.15) is 13.8 Å². The van der Waals surface area contributed by atoms with Gasteiger partial charge in [-0.3, -0.25) is 19.1 Å². The van der Waals surface area contributed by atoms with Gasteiger partial charge in [-0.15, -0.1) is 0 Å². The number of amides is 1. The number of hydrogen-bond donors (Lipinski definition) is 0. The van der Waals surface area contributed by atoms with E-state index >= 15 is 0 Å². The molecule has 1 aliphatic rings. The maximum Gasteiger partial charge on any atom is 0.262 e. The zero-order valence-corrected chi connectivity index (χ0v) is 20.0. The Morgan fingerprint density at radius 3 is 2.21 bits per heavy atom. The summed E-state index contributed by atoms with van der Waals surface area (Å²) in [5.41, 5.74) is 2.37. The Hall–Kier alpha value is -3.03. The molecule has 3 aromatic carbocycles. The van der Waals surface area contributed by atoms with Crippen LogP contribution in [0, 0.1) is 5.92 Å². The van der Waals surface area contributed by atoms with E-state index in [1.165, 1.54) is 11.8 Å². The van der Waals surface area contributed by atoms with Crippen LogP contribution < -0.4 is 10.5 Å². The number of thioether (sulfide) groups is 1. The molecule has 0 saturated heterocycles. The van der Waals surface area contributed by atoms with E-state index < -0.39 is 0 Å². The van der Waals surface area contributed by atoms with Crippen LogP contribution in [0.3, 0.4) is 0 Å². The van der Waals surface area contributed by atoms with Gasteiger partial charge in [-0.1, -0.05) is 73.8 Å². The molecule has 0 atom stereocenters. The first-order chi connectivity index (χ1) is 16.0. The molecule has 0 radical (unpaired) electrons. The Morgan fingerprint density at radius 1 is 0.939 bits per heavy atom. The third-order valence-corrected chi connectivity index (χ3v) is 7.47. The molecule has 5 nitrogen and oxygen atoms in total. The second kappa shape index (κ2) is 9.08. The monoisotopic (exact) mass is 473 g/mol. The second-order valence-corrected chi connectivity index (χ2v) is 10.3. The molecule has 0 N–H and O–H groups in total. The van der Waals surface area contributed by atoms with E-state index in [0.717, 1.165) is 21.2 Å². The van der Waals surface area contributed by atoms with E-state index in [2.05, 4.69) is 13.8 Å². The van der Waals surface area contributed by atoms with Crippen LogP contribution in [0.25, 0.3) is 10.9 Å². The van der Waals surface area contributed by atoms with Crippen LogP contribution in [0.5, 0.6) is 0 Å². The fourth-order valence-corrected chi connectivity index (χ4v) is 5.86. The van der Waals surface area contributed by atoms with Crippen molar-refractivity contribution in [3.8, 4) is 0 Å². The number of nitrogens with zero attached hydrogens (tertiary/aromatic N) is 3. The lowest BCUT2D eigenvalue weighted by molar-refractivity contribution is -0.115. The fraction of sp³-hybridized carbons (Fsp3) is 0.192. The Balaban J connectivity index is 1.50. The van der Waals surface area contributed by atoms with Crippen molar-refractivity contribution >= 4 is 51.7 Å². The number of hydrogen-bond acceptors (Lipinski definition) is 5.